The molecular formula is C10H23N3. The van der Waals surface area contributed by atoms with Crippen molar-refractivity contribution < 1.29 is 0 Å². The third-order valence-electron chi connectivity index (χ3n) is 2.32. The zero-order valence-corrected chi connectivity index (χ0v) is 9.14. The average Bonchev–Trinajstić information content (AvgIpc) is 2.23. The van der Waals surface area contributed by atoms with Crippen LogP contribution < -0.4 is 5.32 Å². The fraction of sp³-hybridized carbons (Fsp3) is 0.900. The highest BCUT2D eigenvalue weighted by atomic mass is 15.1. The second-order valence-electron chi connectivity index (χ2n) is 3.17. The maximum Gasteiger partial charge on any atom is 0.0817 e. The molecule has 1 aliphatic rings. The van der Waals surface area contributed by atoms with Crippen molar-refractivity contribution >= 4 is 6.34 Å². The molecule has 1 aliphatic heterocycles. The SMILES string of the molecule is CC.CNCC1CCN(C=N)CC1. The molecule has 0 aromatic carbocycles. The molecule has 0 aromatic heterocycles. The van der Waals surface area contributed by atoms with E-state index in [0.717, 1.165) is 25.6 Å². The second-order valence-corrected chi connectivity index (χ2v) is 3.17. The number of likely N-dealkylation sites (tertiary alicyclic amines) is 1. The van der Waals surface area contributed by atoms with Gasteiger partial charge >= 0.3 is 0 Å². The topological polar surface area (TPSA) is 39.1 Å². The molecule has 13 heavy (non-hydrogen) atoms. The van der Waals surface area contributed by atoms with E-state index in [1.54, 1.807) is 0 Å². The minimum absolute atomic E-state index is 0.830. The van der Waals surface area contributed by atoms with Gasteiger partial charge in [0.15, 0.2) is 0 Å². The molecule has 78 valence electrons. The fourth-order valence-corrected chi connectivity index (χ4v) is 1.57. The van der Waals surface area contributed by atoms with Gasteiger partial charge in [0.25, 0.3) is 0 Å². The van der Waals surface area contributed by atoms with Gasteiger partial charge in [0, 0.05) is 13.1 Å². The Kier molecular flexibility index (Phi) is 7.69. The van der Waals surface area contributed by atoms with Gasteiger partial charge in [0.05, 0.1) is 6.34 Å². The van der Waals surface area contributed by atoms with E-state index in [1.165, 1.54) is 19.2 Å². The van der Waals surface area contributed by atoms with Crippen LogP contribution in [0.2, 0.25) is 0 Å². The molecule has 0 bridgehead atoms. The molecule has 0 amide bonds. The number of rotatable bonds is 3. The fourth-order valence-electron chi connectivity index (χ4n) is 1.57. The quantitative estimate of drug-likeness (QED) is 0.517. The summed E-state index contributed by atoms with van der Waals surface area (Å²) >= 11 is 0. The molecular weight excluding hydrogens is 162 g/mol. The van der Waals surface area contributed by atoms with E-state index in [2.05, 4.69) is 10.2 Å². The third kappa shape index (κ3) is 4.88. The molecule has 0 unspecified atom stereocenters. The van der Waals surface area contributed by atoms with Crippen molar-refractivity contribution in [2.75, 3.05) is 26.7 Å². The van der Waals surface area contributed by atoms with Crippen LogP contribution in [0.4, 0.5) is 0 Å². The van der Waals surface area contributed by atoms with Gasteiger partial charge in [-0.3, -0.25) is 5.41 Å². The van der Waals surface area contributed by atoms with Gasteiger partial charge in [-0.05, 0) is 32.4 Å². The maximum absolute atomic E-state index is 7.05. The molecule has 1 rings (SSSR count). The van der Waals surface area contributed by atoms with Crippen molar-refractivity contribution in [1.29, 1.82) is 5.41 Å². The van der Waals surface area contributed by atoms with E-state index in [9.17, 15) is 0 Å². The van der Waals surface area contributed by atoms with Crippen LogP contribution in [0.1, 0.15) is 26.7 Å². The summed E-state index contributed by atoms with van der Waals surface area (Å²) in [5.41, 5.74) is 0. The van der Waals surface area contributed by atoms with E-state index in [-0.39, 0.29) is 0 Å². The molecule has 1 heterocycles. The number of piperidine rings is 1. The first-order chi connectivity index (χ1) is 6.36. The Hall–Kier alpha value is -0.570. The lowest BCUT2D eigenvalue weighted by atomic mass is 9.97. The summed E-state index contributed by atoms with van der Waals surface area (Å²) in [7, 11) is 2.00. The summed E-state index contributed by atoms with van der Waals surface area (Å²) in [5, 5.41) is 10.2. The number of nitrogens with one attached hydrogen (secondary N) is 2. The van der Waals surface area contributed by atoms with E-state index >= 15 is 0 Å². The molecule has 0 aromatic rings. The first-order valence-electron chi connectivity index (χ1n) is 5.26. The Bertz CT molecular complexity index is 117. The Morgan fingerprint density at radius 2 is 1.92 bits per heavy atom. The lowest BCUT2D eigenvalue weighted by molar-refractivity contribution is 0.268. The third-order valence-corrected chi connectivity index (χ3v) is 2.32. The van der Waals surface area contributed by atoms with Crippen molar-refractivity contribution in [2.24, 2.45) is 5.92 Å². The van der Waals surface area contributed by atoms with Crippen LogP contribution in [0.3, 0.4) is 0 Å². The van der Waals surface area contributed by atoms with Crippen LogP contribution in [0.15, 0.2) is 0 Å². The smallest absolute Gasteiger partial charge is 0.0817 e. The first-order valence-corrected chi connectivity index (χ1v) is 5.26. The summed E-state index contributed by atoms with van der Waals surface area (Å²) in [4.78, 5) is 2.08. The minimum Gasteiger partial charge on any atom is -0.363 e. The lowest BCUT2D eigenvalue weighted by Gasteiger charge is -2.29. The predicted octanol–water partition coefficient (Wildman–Crippen LogP) is 1.55. The zero-order chi connectivity index (χ0) is 10.1. The van der Waals surface area contributed by atoms with Crippen molar-refractivity contribution in [3.63, 3.8) is 0 Å². The molecule has 0 radical (unpaired) electrons. The highest BCUT2D eigenvalue weighted by Crippen LogP contribution is 2.14. The molecule has 3 nitrogen and oxygen atoms in total. The van der Waals surface area contributed by atoms with Gasteiger partial charge in [-0.25, -0.2) is 0 Å². The maximum atomic E-state index is 7.05. The van der Waals surface area contributed by atoms with Crippen LogP contribution >= 0.6 is 0 Å². The Morgan fingerprint density at radius 1 is 1.38 bits per heavy atom. The largest absolute Gasteiger partial charge is 0.363 e. The molecule has 1 saturated heterocycles. The molecule has 2 N–H and O–H groups in total. The van der Waals surface area contributed by atoms with E-state index in [0.29, 0.717) is 0 Å². The second kappa shape index (κ2) is 8.05. The molecule has 3 heteroatoms. The van der Waals surface area contributed by atoms with E-state index in [4.69, 9.17) is 5.41 Å². The molecule has 0 spiro atoms. The van der Waals surface area contributed by atoms with Gasteiger partial charge in [-0.1, -0.05) is 13.8 Å². The number of hydrogen-bond donors (Lipinski definition) is 2. The standard InChI is InChI=1S/C8H17N3.C2H6/c1-10-6-8-2-4-11(7-9)5-3-8;1-2/h7-10H,2-6H2,1H3;1-2H3. The summed E-state index contributed by atoms with van der Waals surface area (Å²) < 4.78 is 0. The van der Waals surface area contributed by atoms with Crippen molar-refractivity contribution in [3.05, 3.63) is 0 Å². The van der Waals surface area contributed by atoms with E-state index in [1.807, 2.05) is 20.9 Å². The highest BCUT2D eigenvalue weighted by Gasteiger charge is 2.15. The van der Waals surface area contributed by atoms with Crippen LogP contribution in [-0.4, -0.2) is 37.9 Å². The van der Waals surface area contributed by atoms with Gasteiger partial charge in [-0.15, -0.1) is 0 Å². The van der Waals surface area contributed by atoms with Gasteiger partial charge < -0.3 is 10.2 Å². The van der Waals surface area contributed by atoms with Crippen molar-refractivity contribution in [3.8, 4) is 0 Å². The van der Waals surface area contributed by atoms with Crippen LogP contribution in [-0.2, 0) is 0 Å². The van der Waals surface area contributed by atoms with Crippen LogP contribution in [0, 0.1) is 11.3 Å². The number of hydrogen-bond acceptors (Lipinski definition) is 2. The molecule has 1 fully saturated rings. The normalized spacial score (nSPS) is 17.6. The summed E-state index contributed by atoms with van der Waals surface area (Å²) in [5.74, 6) is 0.830. The van der Waals surface area contributed by atoms with E-state index < -0.39 is 0 Å². The summed E-state index contributed by atoms with van der Waals surface area (Å²) in [6, 6.07) is 0. The number of nitrogens with zero attached hydrogens (tertiary/aromatic N) is 1. The molecule has 0 aliphatic carbocycles. The van der Waals surface area contributed by atoms with Crippen LogP contribution in [0.5, 0.6) is 0 Å². The summed E-state index contributed by atoms with van der Waals surface area (Å²) in [6.45, 7) is 7.26. The molecule has 0 saturated carbocycles. The first kappa shape index (κ1) is 12.4. The van der Waals surface area contributed by atoms with Crippen molar-refractivity contribution in [2.45, 2.75) is 26.7 Å². The predicted molar refractivity (Wildman–Crippen MR) is 58.4 cm³/mol. The minimum atomic E-state index is 0.830. The molecule has 0 atom stereocenters. The Morgan fingerprint density at radius 3 is 2.31 bits per heavy atom. The lowest BCUT2D eigenvalue weighted by Crippen LogP contribution is -2.35. The van der Waals surface area contributed by atoms with Crippen LogP contribution in [0.25, 0.3) is 0 Å². The van der Waals surface area contributed by atoms with Gasteiger partial charge in [0.1, 0.15) is 0 Å². The monoisotopic (exact) mass is 185 g/mol. The van der Waals surface area contributed by atoms with Gasteiger partial charge in [0.2, 0.25) is 0 Å². The van der Waals surface area contributed by atoms with Crippen molar-refractivity contribution in [1.82, 2.24) is 10.2 Å². The Labute approximate surface area is 82.0 Å². The average molecular weight is 185 g/mol. The Balaban J connectivity index is 0.000000671. The van der Waals surface area contributed by atoms with Gasteiger partial charge in [-0.2, -0.15) is 0 Å². The summed E-state index contributed by atoms with van der Waals surface area (Å²) in [6.07, 6.45) is 3.92. The zero-order valence-electron chi connectivity index (χ0n) is 9.14. The highest BCUT2D eigenvalue weighted by molar-refractivity contribution is 5.50.